The van der Waals surface area contributed by atoms with Gasteiger partial charge in [0, 0.05) is 52.3 Å². The second-order valence-electron chi connectivity index (χ2n) is 6.72. The van der Waals surface area contributed by atoms with Gasteiger partial charge in [-0.1, -0.05) is 5.16 Å². The number of aryl methyl sites for hydroxylation is 2. The molecule has 0 radical (unpaired) electrons. The Balaban J connectivity index is 1.39. The fourth-order valence-electron chi connectivity index (χ4n) is 3.39. The van der Waals surface area contributed by atoms with Crippen molar-refractivity contribution in [3.8, 4) is 0 Å². The lowest BCUT2D eigenvalue weighted by Gasteiger charge is -2.35. The molecule has 0 atom stereocenters. The largest absolute Gasteiger partial charge is 0.378 e. The first-order chi connectivity index (χ1) is 12.7. The van der Waals surface area contributed by atoms with Crippen LogP contribution in [0.3, 0.4) is 0 Å². The van der Waals surface area contributed by atoms with Crippen LogP contribution >= 0.6 is 0 Å². The second-order valence-corrected chi connectivity index (χ2v) is 6.72. The summed E-state index contributed by atoms with van der Waals surface area (Å²) in [5.41, 5.74) is 0. The Morgan fingerprint density at radius 1 is 0.885 bits per heavy atom. The van der Waals surface area contributed by atoms with Crippen molar-refractivity contribution in [3.05, 3.63) is 23.6 Å². The number of piperazine rings is 1. The number of rotatable bonds is 4. The highest BCUT2D eigenvalue weighted by atomic mass is 16.5. The van der Waals surface area contributed by atoms with Gasteiger partial charge < -0.3 is 19.1 Å². The lowest BCUT2D eigenvalue weighted by atomic mass is 10.3. The van der Waals surface area contributed by atoms with Gasteiger partial charge in [-0.2, -0.15) is 4.98 Å². The Hall–Kier alpha value is -2.26. The molecule has 0 amide bonds. The van der Waals surface area contributed by atoms with Gasteiger partial charge >= 0.3 is 0 Å². The molecule has 2 saturated heterocycles. The summed E-state index contributed by atoms with van der Waals surface area (Å²) in [5, 5.41) is 3.98. The molecule has 9 heteroatoms. The van der Waals surface area contributed by atoms with Crippen LogP contribution in [0.1, 0.15) is 17.5 Å². The van der Waals surface area contributed by atoms with Gasteiger partial charge in [0.2, 0.25) is 5.89 Å². The van der Waals surface area contributed by atoms with Gasteiger partial charge in [-0.15, -0.1) is 0 Å². The molecule has 0 unspecified atom stereocenters. The minimum atomic E-state index is 0.616. The predicted octanol–water partition coefficient (Wildman–Crippen LogP) is 0.635. The molecule has 0 bridgehead atoms. The molecule has 9 nitrogen and oxygen atoms in total. The molecule has 140 valence electrons. The maximum Gasteiger partial charge on any atom is 0.223 e. The van der Waals surface area contributed by atoms with E-state index in [1.54, 1.807) is 0 Å². The van der Waals surface area contributed by atoms with Crippen LogP contribution in [0.4, 0.5) is 11.6 Å². The van der Waals surface area contributed by atoms with E-state index in [1.807, 2.05) is 13.8 Å². The third kappa shape index (κ3) is 3.94. The van der Waals surface area contributed by atoms with Gasteiger partial charge in [-0.05, 0) is 6.92 Å². The molecule has 0 spiro atoms. The summed E-state index contributed by atoms with van der Waals surface area (Å²) in [6, 6.07) is 2.11. The van der Waals surface area contributed by atoms with Crippen LogP contribution in [0.2, 0.25) is 0 Å². The van der Waals surface area contributed by atoms with Gasteiger partial charge in [0.15, 0.2) is 5.82 Å². The van der Waals surface area contributed by atoms with Crippen molar-refractivity contribution < 1.29 is 9.26 Å². The fraction of sp³-hybridized carbons (Fsp3) is 0.647. The summed E-state index contributed by atoms with van der Waals surface area (Å²) < 4.78 is 10.5. The van der Waals surface area contributed by atoms with Crippen molar-refractivity contribution in [1.82, 2.24) is 25.0 Å². The van der Waals surface area contributed by atoms with Crippen molar-refractivity contribution in [2.45, 2.75) is 20.4 Å². The minimum Gasteiger partial charge on any atom is -0.378 e. The van der Waals surface area contributed by atoms with E-state index in [0.717, 1.165) is 82.3 Å². The quantitative estimate of drug-likeness (QED) is 0.780. The molecular weight excluding hydrogens is 334 g/mol. The number of morpholine rings is 1. The molecule has 0 aromatic carbocycles. The number of aromatic nitrogens is 4. The summed E-state index contributed by atoms with van der Waals surface area (Å²) in [5.74, 6) is 4.19. The smallest absolute Gasteiger partial charge is 0.223 e. The summed E-state index contributed by atoms with van der Waals surface area (Å²) in [4.78, 5) is 20.5. The van der Waals surface area contributed by atoms with Crippen molar-refractivity contribution in [1.29, 1.82) is 0 Å². The Bertz CT molecular complexity index is 736. The van der Waals surface area contributed by atoms with E-state index in [9.17, 15) is 0 Å². The van der Waals surface area contributed by atoms with Gasteiger partial charge in [0.25, 0.3) is 0 Å². The molecule has 0 aliphatic carbocycles. The first-order valence-corrected chi connectivity index (χ1v) is 9.12. The van der Waals surface area contributed by atoms with E-state index in [-0.39, 0.29) is 0 Å². The topological polar surface area (TPSA) is 83.7 Å². The van der Waals surface area contributed by atoms with Crippen LogP contribution in [0.25, 0.3) is 0 Å². The van der Waals surface area contributed by atoms with Gasteiger partial charge in [0.1, 0.15) is 17.5 Å². The maximum absolute atomic E-state index is 5.44. The van der Waals surface area contributed by atoms with E-state index in [2.05, 4.69) is 40.9 Å². The van der Waals surface area contributed by atoms with Gasteiger partial charge in [0.05, 0.1) is 19.8 Å². The Kier molecular flexibility index (Phi) is 4.98. The molecule has 2 aliphatic rings. The van der Waals surface area contributed by atoms with E-state index in [1.165, 1.54) is 0 Å². The average Bonchev–Trinajstić information content (AvgIpc) is 3.07. The first kappa shape index (κ1) is 17.2. The molecule has 4 heterocycles. The highest BCUT2D eigenvalue weighted by Gasteiger charge is 2.21. The molecule has 4 rings (SSSR count). The zero-order valence-corrected chi connectivity index (χ0v) is 15.4. The van der Waals surface area contributed by atoms with Crippen LogP contribution in [0.5, 0.6) is 0 Å². The summed E-state index contributed by atoms with van der Waals surface area (Å²) in [6.45, 7) is 11.5. The number of hydrogen-bond donors (Lipinski definition) is 0. The monoisotopic (exact) mass is 359 g/mol. The number of nitrogens with zero attached hydrogens (tertiary/aromatic N) is 7. The van der Waals surface area contributed by atoms with Crippen LogP contribution in [0, 0.1) is 13.8 Å². The molecule has 2 fully saturated rings. The summed E-state index contributed by atoms with van der Waals surface area (Å²) >= 11 is 0. The van der Waals surface area contributed by atoms with E-state index in [4.69, 9.17) is 9.26 Å². The molecular formula is C17H25N7O2. The molecule has 0 N–H and O–H groups in total. The highest BCUT2D eigenvalue weighted by Crippen LogP contribution is 2.21. The Morgan fingerprint density at radius 3 is 2.15 bits per heavy atom. The predicted molar refractivity (Wildman–Crippen MR) is 96.3 cm³/mol. The van der Waals surface area contributed by atoms with E-state index in [0.29, 0.717) is 5.89 Å². The Morgan fingerprint density at radius 2 is 1.54 bits per heavy atom. The molecule has 26 heavy (non-hydrogen) atoms. The first-order valence-electron chi connectivity index (χ1n) is 9.12. The van der Waals surface area contributed by atoms with Crippen LogP contribution in [0.15, 0.2) is 10.6 Å². The van der Waals surface area contributed by atoms with E-state index >= 15 is 0 Å². The van der Waals surface area contributed by atoms with E-state index < -0.39 is 0 Å². The molecule has 2 aliphatic heterocycles. The SMILES string of the molecule is Cc1nc(N2CCOCC2)cc(N2CCN(Cc3noc(C)n3)CC2)n1. The highest BCUT2D eigenvalue weighted by molar-refractivity contribution is 5.51. The van der Waals surface area contributed by atoms with Crippen molar-refractivity contribution in [2.75, 3.05) is 62.3 Å². The lowest BCUT2D eigenvalue weighted by molar-refractivity contribution is 0.122. The summed E-state index contributed by atoms with van der Waals surface area (Å²) in [7, 11) is 0. The maximum atomic E-state index is 5.44. The Labute approximate surface area is 153 Å². The molecule has 2 aromatic heterocycles. The summed E-state index contributed by atoms with van der Waals surface area (Å²) in [6.07, 6.45) is 0. The van der Waals surface area contributed by atoms with Crippen LogP contribution < -0.4 is 9.80 Å². The number of anilines is 2. The molecule has 0 saturated carbocycles. The second kappa shape index (κ2) is 7.55. The lowest BCUT2D eigenvalue weighted by Crippen LogP contribution is -2.46. The van der Waals surface area contributed by atoms with Crippen molar-refractivity contribution >= 4 is 11.6 Å². The van der Waals surface area contributed by atoms with Gasteiger partial charge in [-0.3, -0.25) is 4.90 Å². The standard InChI is InChI=1S/C17H25N7O2/c1-13-18-16(11-17(19-13)24-7-9-25-10-8-24)23-5-3-22(4-6-23)12-15-20-14(2)26-21-15/h11H,3-10,12H2,1-2H3. The van der Waals surface area contributed by atoms with Crippen molar-refractivity contribution in [2.24, 2.45) is 0 Å². The zero-order chi connectivity index (χ0) is 17.9. The minimum absolute atomic E-state index is 0.616. The number of ether oxygens (including phenoxy) is 1. The molecule has 2 aromatic rings. The van der Waals surface area contributed by atoms with Gasteiger partial charge in [-0.25, -0.2) is 9.97 Å². The van der Waals surface area contributed by atoms with Crippen LogP contribution in [-0.2, 0) is 11.3 Å². The normalized spacial score (nSPS) is 19.2. The fourth-order valence-corrected chi connectivity index (χ4v) is 3.39. The van der Waals surface area contributed by atoms with Crippen LogP contribution in [-0.4, -0.2) is 77.5 Å². The third-order valence-corrected chi connectivity index (χ3v) is 4.78. The average molecular weight is 359 g/mol. The zero-order valence-electron chi connectivity index (χ0n) is 15.4. The third-order valence-electron chi connectivity index (χ3n) is 4.78. The number of hydrogen-bond acceptors (Lipinski definition) is 9. The van der Waals surface area contributed by atoms with Crippen molar-refractivity contribution in [3.63, 3.8) is 0 Å².